The highest BCUT2D eigenvalue weighted by atomic mass is 32.1. The van der Waals surface area contributed by atoms with Crippen LogP contribution in [-0.2, 0) is 16.1 Å². The first-order chi connectivity index (χ1) is 13.8. The second-order valence-electron chi connectivity index (χ2n) is 7.67. The molecule has 1 atom stereocenters. The van der Waals surface area contributed by atoms with Crippen molar-refractivity contribution in [2.75, 3.05) is 32.7 Å². The van der Waals surface area contributed by atoms with Crippen molar-refractivity contribution in [1.29, 1.82) is 0 Å². The van der Waals surface area contributed by atoms with Crippen molar-refractivity contribution < 1.29 is 9.59 Å². The number of rotatable bonds is 6. The lowest BCUT2D eigenvalue weighted by Gasteiger charge is -2.34. The Morgan fingerprint density at radius 3 is 2.55 bits per heavy atom. The topological polar surface area (TPSA) is 87.5 Å². The number of carbonyl (C=O) groups is 2. The molecule has 29 heavy (non-hydrogen) atoms. The highest BCUT2D eigenvalue weighted by molar-refractivity contribution is 7.18. The Kier molecular flexibility index (Phi) is 6.69. The van der Waals surface area contributed by atoms with Gasteiger partial charge in [-0.05, 0) is 32.8 Å². The van der Waals surface area contributed by atoms with Gasteiger partial charge >= 0.3 is 0 Å². The van der Waals surface area contributed by atoms with Crippen molar-refractivity contribution in [3.63, 3.8) is 0 Å². The third-order valence-electron chi connectivity index (χ3n) is 5.57. The van der Waals surface area contributed by atoms with Crippen LogP contribution in [0.25, 0.3) is 10.2 Å². The maximum atomic E-state index is 12.8. The van der Waals surface area contributed by atoms with E-state index in [0.29, 0.717) is 38.1 Å². The molecular weight excluding hydrogens is 390 g/mol. The third kappa shape index (κ3) is 4.84. The summed E-state index contributed by atoms with van der Waals surface area (Å²) < 4.78 is 1.40. The van der Waals surface area contributed by atoms with Gasteiger partial charge in [-0.25, -0.2) is 4.98 Å². The normalized spacial score (nSPS) is 16.2. The first kappa shape index (κ1) is 21.4. The molecular formula is C20H29N5O3S. The minimum absolute atomic E-state index is 0.00932. The summed E-state index contributed by atoms with van der Waals surface area (Å²) in [5.74, 6) is -0.0759. The average molecular weight is 420 g/mol. The van der Waals surface area contributed by atoms with Gasteiger partial charge in [-0.15, -0.1) is 11.3 Å². The van der Waals surface area contributed by atoms with E-state index in [2.05, 4.69) is 15.2 Å². The number of nitrogens with zero attached hydrogens (tertiary/aromatic N) is 4. The molecule has 3 rings (SSSR count). The number of aryl methyl sites for hydroxylation is 2. The van der Waals surface area contributed by atoms with Crippen LogP contribution < -0.4 is 10.9 Å². The van der Waals surface area contributed by atoms with E-state index in [1.54, 1.807) is 4.90 Å². The molecule has 0 aromatic carbocycles. The molecule has 2 aromatic rings. The lowest BCUT2D eigenvalue weighted by molar-refractivity contribution is -0.134. The van der Waals surface area contributed by atoms with E-state index < -0.39 is 0 Å². The smallest absolute Gasteiger partial charge is 0.262 e. The lowest BCUT2D eigenvalue weighted by atomic mass is 10.2. The molecule has 0 bridgehead atoms. The van der Waals surface area contributed by atoms with Crippen molar-refractivity contribution in [1.82, 2.24) is 24.7 Å². The average Bonchev–Trinajstić information content (AvgIpc) is 2.98. The molecule has 1 fully saturated rings. The van der Waals surface area contributed by atoms with E-state index in [1.807, 2.05) is 27.7 Å². The predicted molar refractivity (Wildman–Crippen MR) is 114 cm³/mol. The van der Waals surface area contributed by atoms with Crippen LogP contribution in [0.3, 0.4) is 0 Å². The first-order valence-corrected chi connectivity index (χ1v) is 10.9. The van der Waals surface area contributed by atoms with E-state index >= 15 is 0 Å². The number of nitrogens with one attached hydrogen (secondary N) is 1. The van der Waals surface area contributed by atoms with Gasteiger partial charge in [0.1, 0.15) is 11.4 Å². The fraction of sp³-hybridized carbons (Fsp3) is 0.600. The molecule has 0 spiro atoms. The Morgan fingerprint density at radius 1 is 1.21 bits per heavy atom. The van der Waals surface area contributed by atoms with Gasteiger partial charge in [-0.3, -0.25) is 23.9 Å². The maximum absolute atomic E-state index is 12.8. The fourth-order valence-corrected chi connectivity index (χ4v) is 4.40. The number of aromatic nitrogens is 2. The van der Waals surface area contributed by atoms with Gasteiger partial charge in [0.05, 0.1) is 18.3 Å². The van der Waals surface area contributed by atoms with Crippen LogP contribution in [0.1, 0.15) is 30.7 Å². The summed E-state index contributed by atoms with van der Waals surface area (Å²) in [5, 5.41) is 3.58. The third-order valence-corrected chi connectivity index (χ3v) is 6.69. The van der Waals surface area contributed by atoms with Crippen molar-refractivity contribution >= 4 is 33.4 Å². The van der Waals surface area contributed by atoms with Crippen LogP contribution in [0.4, 0.5) is 0 Å². The monoisotopic (exact) mass is 419 g/mol. The summed E-state index contributed by atoms with van der Waals surface area (Å²) in [6, 6.07) is 0.172. The fourth-order valence-electron chi connectivity index (χ4n) is 3.41. The van der Waals surface area contributed by atoms with E-state index in [-0.39, 0.29) is 30.0 Å². The van der Waals surface area contributed by atoms with Crippen molar-refractivity contribution in [3.8, 4) is 0 Å². The number of piperazine rings is 1. The molecule has 1 aliphatic heterocycles. The predicted octanol–water partition coefficient (Wildman–Crippen LogP) is 1.13. The molecule has 9 heteroatoms. The van der Waals surface area contributed by atoms with E-state index in [9.17, 15) is 14.4 Å². The molecule has 1 saturated heterocycles. The highest BCUT2D eigenvalue weighted by Gasteiger charge is 2.23. The SMILES string of the molecule is CC[C@H](C)NC(=O)CN1CCN(C(=O)Cn2cnc3sc(C)c(C)c3c2=O)CC1. The molecule has 0 unspecified atom stereocenters. The van der Waals surface area contributed by atoms with Crippen molar-refractivity contribution in [3.05, 3.63) is 27.1 Å². The highest BCUT2D eigenvalue weighted by Crippen LogP contribution is 2.25. The standard InChI is InChI=1S/C20H29N5O3S/c1-5-13(2)22-16(26)10-23-6-8-24(9-7-23)17(27)11-25-12-21-19-18(20(25)28)14(3)15(4)29-19/h12-13H,5-11H2,1-4H3,(H,22,26)/t13-/m0/s1. The van der Waals surface area contributed by atoms with Crippen LogP contribution >= 0.6 is 11.3 Å². The van der Waals surface area contributed by atoms with Gasteiger partial charge in [0.25, 0.3) is 5.56 Å². The van der Waals surface area contributed by atoms with Gasteiger partial charge in [0.15, 0.2) is 0 Å². The quantitative estimate of drug-likeness (QED) is 0.759. The number of hydrogen-bond donors (Lipinski definition) is 1. The zero-order chi connectivity index (χ0) is 21.1. The zero-order valence-electron chi connectivity index (χ0n) is 17.5. The largest absolute Gasteiger partial charge is 0.353 e. The number of hydrogen-bond acceptors (Lipinski definition) is 6. The van der Waals surface area contributed by atoms with Gasteiger partial charge in [0, 0.05) is 37.1 Å². The molecule has 2 amide bonds. The molecule has 3 heterocycles. The molecule has 1 N–H and O–H groups in total. The van der Waals surface area contributed by atoms with Gasteiger partial charge in [-0.1, -0.05) is 6.92 Å². The molecule has 0 saturated carbocycles. The summed E-state index contributed by atoms with van der Waals surface area (Å²) >= 11 is 1.50. The van der Waals surface area contributed by atoms with Crippen LogP contribution in [0.5, 0.6) is 0 Å². The van der Waals surface area contributed by atoms with E-state index in [1.165, 1.54) is 22.2 Å². The van der Waals surface area contributed by atoms with Crippen LogP contribution in [0.2, 0.25) is 0 Å². The molecule has 1 aliphatic rings. The molecule has 2 aromatic heterocycles. The number of amides is 2. The summed E-state index contributed by atoms with van der Waals surface area (Å²) in [5.41, 5.74) is 0.777. The lowest BCUT2D eigenvalue weighted by Crippen LogP contribution is -2.52. The Morgan fingerprint density at radius 2 is 1.90 bits per heavy atom. The molecule has 8 nitrogen and oxygen atoms in total. The van der Waals surface area contributed by atoms with Gasteiger partial charge in [0.2, 0.25) is 11.8 Å². The first-order valence-electron chi connectivity index (χ1n) is 10.0. The number of fused-ring (bicyclic) bond motifs is 1. The van der Waals surface area contributed by atoms with E-state index in [4.69, 9.17) is 0 Å². The summed E-state index contributed by atoms with van der Waals surface area (Å²) in [6.45, 7) is 10.7. The minimum atomic E-state index is -0.162. The summed E-state index contributed by atoms with van der Waals surface area (Å²) in [4.78, 5) is 47.5. The molecule has 0 radical (unpaired) electrons. The summed E-state index contributed by atoms with van der Waals surface area (Å²) in [7, 11) is 0. The second-order valence-corrected chi connectivity index (χ2v) is 8.88. The van der Waals surface area contributed by atoms with Crippen LogP contribution in [-0.4, -0.2) is 69.9 Å². The second kappa shape index (κ2) is 9.04. The Bertz CT molecular complexity index is 959. The Hall–Kier alpha value is -2.26. The zero-order valence-corrected chi connectivity index (χ0v) is 18.3. The van der Waals surface area contributed by atoms with Gasteiger partial charge < -0.3 is 10.2 Å². The minimum Gasteiger partial charge on any atom is -0.353 e. The van der Waals surface area contributed by atoms with Gasteiger partial charge in [-0.2, -0.15) is 0 Å². The molecule has 158 valence electrons. The molecule has 0 aliphatic carbocycles. The van der Waals surface area contributed by atoms with Crippen molar-refractivity contribution in [2.24, 2.45) is 0 Å². The Labute approximate surface area is 174 Å². The maximum Gasteiger partial charge on any atom is 0.262 e. The number of carbonyl (C=O) groups excluding carboxylic acids is 2. The number of thiophene rings is 1. The summed E-state index contributed by atoms with van der Waals surface area (Å²) in [6.07, 6.45) is 2.37. The van der Waals surface area contributed by atoms with E-state index in [0.717, 1.165) is 21.7 Å². The van der Waals surface area contributed by atoms with Crippen molar-refractivity contribution in [2.45, 2.75) is 46.7 Å². The Balaban J connectivity index is 1.57. The van der Waals surface area contributed by atoms with Crippen LogP contribution in [0, 0.1) is 13.8 Å². The van der Waals surface area contributed by atoms with Crippen LogP contribution in [0.15, 0.2) is 11.1 Å².